The number of cyclic esters (lactones) is 1. The molecule has 0 radical (unpaired) electrons. The van der Waals surface area contributed by atoms with Crippen LogP contribution in [0.5, 0.6) is 0 Å². The van der Waals surface area contributed by atoms with Crippen LogP contribution in [0.3, 0.4) is 0 Å². The summed E-state index contributed by atoms with van der Waals surface area (Å²) in [5, 5.41) is 21.5. The van der Waals surface area contributed by atoms with Gasteiger partial charge in [0.15, 0.2) is 12.1 Å². The highest BCUT2D eigenvalue weighted by atomic mass is 16.8. The maximum atomic E-state index is 15.3. The van der Waals surface area contributed by atoms with Crippen molar-refractivity contribution in [2.45, 2.75) is 238 Å². The van der Waals surface area contributed by atoms with E-state index in [1.807, 2.05) is 78.8 Å². The van der Waals surface area contributed by atoms with Crippen molar-refractivity contribution in [2.75, 3.05) is 34.5 Å². The number of esters is 1. The highest BCUT2D eigenvalue weighted by molar-refractivity contribution is 6.39. The molecule has 3 saturated heterocycles. The number of carbonyl (C=O) groups is 5. The molecule has 4 aliphatic heterocycles. The summed E-state index contributed by atoms with van der Waals surface area (Å²) in [6.45, 7) is 17.0. The first-order valence-corrected chi connectivity index (χ1v) is 29.1. The van der Waals surface area contributed by atoms with Gasteiger partial charge in [-0.3, -0.25) is 19.2 Å². The molecule has 18 atom stereocenters. The molecular weight excluding hydrogens is 987 g/mol. The number of Topliss-reactive ketones (excluding diaryl/α,β-unsaturated/α-hetero) is 3. The van der Waals surface area contributed by atoms with Gasteiger partial charge in [0.05, 0.1) is 43.2 Å². The van der Waals surface area contributed by atoms with Crippen molar-refractivity contribution < 1.29 is 72.1 Å². The summed E-state index contributed by atoms with van der Waals surface area (Å²) in [6, 6.07) is -1.13. The first-order valence-electron chi connectivity index (χ1n) is 29.1. The van der Waals surface area contributed by atoms with Gasteiger partial charge in [-0.25, -0.2) is 4.79 Å². The van der Waals surface area contributed by atoms with Crippen LogP contribution in [0.2, 0.25) is 0 Å². The summed E-state index contributed by atoms with van der Waals surface area (Å²) < 4.78 is 50.2. The molecule has 5 aliphatic rings. The molecule has 2 bridgehead atoms. The fourth-order valence-corrected chi connectivity index (χ4v) is 12.2. The van der Waals surface area contributed by atoms with Gasteiger partial charge in [-0.15, -0.1) is 0 Å². The second kappa shape index (κ2) is 30.9. The van der Waals surface area contributed by atoms with E-state index >= 15 is 9.59 Å². The Hall–Kier alpha value is -3.45. The van der Waals surface area contributed by atoms with Crippen molar-refractivity contribution in [3.05, 3.63) is 47.6 Å². The van der Waals surface area contributed by atoms with Gasteiger partial charge < -0.3 is 53.0 Å². The van der Waals surface area contributed by atoms with Gasteiger partial charge in [0.25, 0.3) is 11.7 Å². The van der Waals surface area contributed by atoms with Crippen molar-refractivity contribution in [1.29, 1.82) is 0 Å². The predicted molar refractivity (Wildman–Crippen MR) is 292 cm³/mol. The number of methoxy groups -OCH3 is 3. The Kier molecular flexibility index (Phi) is 25.9. The second-order valence-corrected chi connectivity index (χ2v) is 23.3. The first-order chi connectivity index (χ1) is 36.7. The normalized spacial score (nSPS) is 39.5. The Labute approximate surface area is 460 Å². The number of allylic oxidation sites excluding steroid dienone is 6. The Morgan fingerprint density at radius 2 is 1.57 bits per heavy atom. The van der Waals surface area contributed by atoms with Crippen LogP contribution in [0.4, 0.5) is 0 Å². The Bertz CT molecular complexity index is 2050. The Morgan fingerprint density at radius 3 is 2.25 bits per heavy atom. The van der Waals surface area contributed by atoms with E-state index in [-0.39, 0.29) is 79.7 Å². The molecule has 16 heteroatoms. The van der Waals surface area contributed by atoms with E-state index < -0.39 is 84.1 Å². The monoisotopic (exact) mass is 1080 g/mol. The number of ether oxygens (including phenoxy) is 8. The molecule has 0 aromatic carbocycles. The number of aliphatic hydroxyl groups is 2. The largest absolute Gasteiger partial charge is 0.460 e. The van der Waals surface area contributed by atoms with E-state index in [1.165, 1.54) is 12.0 Å². The molecule has 4 heterocycles. The van der Waals surface area contributed by atoms with E-state index in [4.69, 9.17) is 37.9 Å². The van der Waals surface area contributed by atoms with Gasteiger partial charge in [-0.2, -0.15) is 0 Å². The SMILES string of the molecule is CC[C@@H](CO)O[C@@H]1CC[C@@H](C[C@@H](C)C2CC(=O)[C@H](C)/C=C(\C)[C@@H](O)[C@@H](OC)C(=O)[C@H](C)C[C@H](C)/C=C/C=C/C=C(\C)[C@@H](OC)C[C@@H]3CC[C@@H](C)[C@@](O[C@H]4CCC[C@@H](C)O4)(O3)C(=O)C(=O)N3CCCC[C@H]3C(=O)O2)C[C@H]1OC. The number of nitrogens with zero attached hydrogens (tertiary/aromatic N) is 1. The second-order valence-electron chi connectivity index (χ2n) is 23.3. The molecule has 0 aromatic rings. The molecule has 0 spiro atoms. The van der Waals surface area contributed by atoms with E-state index in [1.54, 1.807) is 34.1 Å². The maximum Gasteiger partial charge on any atom is 0.329 e. The molecule has 1 saturated carbocycles. The number of piperidine rings is 1. The van der Waals surface area contributed by atoms with Crippen molar-refractivity contribution in [1.82, 2.24) is 4.90 Å². The number of hydrogen-bond acceptors (Lipinski definition) is 15. The maximum absolute atomic E-state index is 15.3. The highest BCUT2D eigenvalue weighted by Gasteiger charge is 2.57. The number of carbonyl (C=O) groups excluding carboxylic acids is 5. The van der Waals surface area contributed by atoms with Gasteiger partial charge in [0.2, 0.25) is 5.79 Å². The van der Waals surface area contributed by atoms with E-state index in [9.17, 15) is 24.6 Å². The quantitative estimate of drug-likeness (QED) is 0.106. The van der Waals surface area contributed by atoms with Crippen LogP contribution in [-0.2, 0) is 61.9 Å². The Morgan fingerprint density at radius 1 is 0.818 bits per heavy atom. The minimum atomic E-state index is -2.02. The first kappa shape index (κ1) is 64.4. The molecule has 77 heavy (non-hydrogen) atoms. The average Bonchev–Trinajstić information content (AvgIpc) is 3.42. The Balaban J connectivity index is 1.53. The molecule has 5 rings (SSSR count). The van der Waals surface area contributed by atoms with Crippen molar-refractivity contribution >= 4 is 29.2 Å². The number of fused-ring (bicyclic) bond motifs is 3. The van der Waals surface area contributed by atoms with Gasteiger partial charge >= 0.3 is 5.97 Å². The lowest BCUT2D eigenvalue weighted by Gasteiger charge is -2.47. The predicted octanol–water partition coefficient (Wildman–Crippen LogP) is 8.92. The van der Waals surface area contributed by atoms with Gasteiger partial charge in [0, 0.05) is 58.5 Å². The number of aliphatic hydroxyl groups excluding tert-OH is 2. The van der Waals surface area contributed by atoms with E-state index in [2.05, 4.69) is 0 Å². The van der Waals surface area contributed by atoms with Gasteiger partial charge in [-0.05, 0) is 140 Å². The molecular formula is C61H97NO15. The lowest BCUT2D eigenvalue weighted by Crippen LogP contribution is -2.63. The molecule has 16 nitrogen and oxygen atoms in total. The van der Waals surface area contributed by atoms with Crippen LogP contribution in [0.25, 0.3) is 0 Å². The molecule has 1 amide bonds. The average molecular weight is 1080 g/mol. The molecule has 1 aliphatic carbocycles. The summed E-state index contributed by atoms with van der Waals surface area (Å²) in [5.41, 5.74) is 1.31. The van der Waals surface area contributed by atoms with Crippen molar-refractivity contribution in [3.8, 4) is 0 Å². The number of hydrogen-bond donors (Lipinski definition) is 2. The fraction of sp³-hybridized carbons (Fsp3) is 0.787. The summed E-state index contributed by atoms with van der Waals surface area (Å²) in [7, 11) is 4.68. The zero-order valence-electron chi connectivity index (χ0n) is 48.7. The third-order valence-electron chi connectivity index (χ3n) is 17.2. The summed E-state index contributed by atoms with van der Waals surface area (Å²) >= 11 is 0. The third-order valence-corrected chi connectivity index (χ3v) is 17.2. The van der Waals surface area contributed by atoms with Crippen molar-refractivity contribution in [2.24, 2.45) is 35.5 Å². The highest BCUT2D eigenvalue weighted by Crippen LogP contribution is 2.42. The van der Waals surface area contributed by atoms with E-state index in [0.29, 0.717) is 76.2 Å². The molecule has 2 N–H and O–H groups in total. The summed E-state index contributed by atoms with van der Waals surface area (Å²) in [6.07, 6.45) is 14.1. The standard InChI is InChI=1S/C61H97NO15/c1-13-46(36-63)74-50-28-26-45(33-53(50)71-11)32-40(5)52-35-49(64)39(4)31-42(7)56(66)57(72-12)55(65)41(6)30-37(2)20-15-14-16-21-38(3)51(70-10)34-47-27-25-43(8)61(76-47,77-54-24-19-22-44(9)73-54)58(67)59(68)62-29-18-17-23-48(62)60(69)75-52/h14-16,20-21,31,37,39-41,43-48,50-54,56-57,63,66H,13,17-19,22-30,32-36H2,1-12H3/b16-14+,20-15+,38-21+,42-31+/t37-,39-,40-,41-,43-,44-,45+,46+,47+,48+,50-,51+,52?,53-,54+,56-,57+,61+/m1/s1. The molecule has 4 fully saturated rings. The zero-order valence-corrected chi connectivity index (χ0v) is 48.7. The summed E-state index contributed by atoms with van der Waals surface area (Å²) in [5.74, 6) is -6.96. The summed E-state index contributed by atoms with van der Waals surface area (Å²) in [4.78, 5) is 74.9. The topological polar surface area (TPSA) is 203 Å². The number of rotatable bonds is 12. The third kappa shape index (κ3) is 17.5. The van der Waals surface area contributed by atoms with Gasteiger partial charge in [-0.1, -0.05) is 78.0 Å². The molecule has 1 unspecified atom stereocenters. The van der Waals surface area contributed by atoms with Crippen LogP contribution in [0, 0.1) is 35.5 Å². The van der Waals surface area contributed by atoms with Gasteiger partial charge in [0.1, 0.15) is 30.1 Å². The van der Waals surface area contributed by atoms with Crippen LogP contribution in [0.15, 0.2) is 47.6 Å². The van der Waals surface area contributed by atoms with Crippen LogP contribution in [-0.4, -0.2) is 152 Å². The smallest absolute Gasteiger partial charge is 0.329 e. The lowest BCUT2D eigenvalue weighted by molar-refractivity contribution is -0.346. The van der Waals surface area contributed by atoms with Crippen LogP contribution in [0.1, 0.15) is 165 Å². The van der Waals surface area contributed by atoms with Crippen LogP contribution < -0.4 is 0 Å². The molecule has 436 valence electrons. The van der Waals surface area contributed by atoms with Crippen LogP contribution >= 0.6 is 0 Å². The number of ketones is 3. The lowest BCUT2D eigenvalue weighted by atomic mass is 9.78. The fourth-order valence-electron chi connectivity index (χ4n) is 12.2. The minimum Gasteiger partial charge on any atom is -0.460 e. The zero-order chi connectivity index (χ0) is 56.6. The molecule has 0 aromatic heterocycles. The number of amides is 1. The minimum absolute atomic E-state index is 0.0153. The van der Waals surface area contributed by atoms with Crippen molar-refractivity contribution in [3.63, 3.8) is 0 Å². The van der Waals surface area contributed by atoms with E-state index in [0.717, 1.165) is 24.8 Å².